The van der Waals surface area contributed by atoms with Gasteiger partial charge < -0.3 is 5.73 Å². The second-order valence-electron chi connectivity index (χ2n) is 5.24. The van der Waals surface area contributed by atoms with Crippen molar-refractivity contribution in [1.29, 1.82) is 0 Å². The van der Waals surface area contributed by atoms with Gasteiger partial charge in [0.1, 0.15) is 0 Å². The zero-order chi connectivity index (χ0) is 14.2. The molecule has 6 heteroatoms. The Bertz CT molecular complexity index is 574. The third-order valence-corrected chi connectivity index (χ3v) is 6.71. The molecule has 0 aromatic heterocycles. The first-order valence-corrected chi connectivity index (χ1v) is 8.57. The van der Waals surface area contributed by atoms with Crippen molar-refractivity contribution in [1.82, 2.24) is 0 Å². The summed E-state index contributed by atoms with van der Waals surface area (Å²) >= 11 is 11.7. The first-order chi connectivity index (χ1) is 8.82. The summed E-state index contributed by atoms with van der Waals surface area (Å²) in [5.41, 5.74) is 5.99. The standard InChI is InChI=1S/C13H17Cl2NO2S/c1-8-2-5-12(16)13(6-8)19(17,18)9-3-4-10(14)11(15)7-9/h3-4,7-8,12-13H,2,5-6,16H2,1H3. The third kappa shape index (κ3) is 3.07. The highest BCUT2D eigenvalue weighted by Gasteiger charge is 2.37. The molecule has 1 aliphatic carbocycles. The van der Waals surface area contributed by atoms with Crippen molar-refractivity contribution in [3.05, 3.63) is 28.2 Å². The predicted octanol–water partition coefficient (Wildman–Crippen LogP) is 3.28. The maximum absolute atomic E-state index is 12.6. The zero-order valence-electron chi connectivity index (χ0n) is 10.6. The molecule has 0 aliphatic heterocycles. The van der Waals surface area contributed by atoms with Crippen LogP contribution in [-0.2, 0) is 9.84 Å². The van der Waals surface area contributed by atoms with Gasteiger partial charge in [0.05, 0.1) is 20.2 Å². The Hall–Kier alpha value is -0.290. The Morgan fingerprint density at radius 1 is 1.21 bits per heavy atom. The van der Waals surface area contributed by atoms with E-state index in [9.17, 15) is 8.42 Å². The molecule has 0 bridgehead atoms. The summed E-state index contributed by atoms with van der Waals surface area (Å²) in [6.45, 7) is 2.06. The van der Waals surface area contributed by atoms with Gasteiger partial charge in [0.25, 0.3) is 0 Å². The number of hydrogen-bond acceptors (Lipinski definition) is 3. The van der Waals surface area contributed by atoms with E-state index in [1.807, 2.05) is 0 Å². The second-order valence-corrected chi connectivity index (χ2v) is 8.22. The summed E-state index contributed by atoms with van der Waals surface area (Å²) in [7, 11) is -3.45. The third-order valence-electron chi connectivity index (χ3n) is 3.72. The Morgan fingerprint density at radius 3 is 2.53 bits per heavy atom. The Labute approximate surface area is 124 Å². The zero-order valence-corrected chi connectivity index (χ0v) is 13.0. The molecule has 1 aromatic carbocycles. The van der Waals surface area contributed by atoms with Crippen molar-refractivity contribution >= 4 is 33.0 Å². The second kappa shape index (κ2) is 5.60. The Kier molecular flexibility index (Phi) is 4.45. The highest BCUT2D eigenvalue weighted by atomic mass is 35.5. The molecule has 0 saturated heterocycles. The van der Waals surface area contributed by atoms with E-state index in [1.54, 1.807) is 0 Å². The minimum absolute atomic E-state index is 0.205. The van der Waals surface area contributed by atoms with Crippen molar-refractivity contribution in [2.45, 2.75) is 42.4 Å². The normalized spacial score (nSPS) is 28.3. The van der Waals surface area contributed by atoms with E-state index >= 15 is 0 Å². The van der Waals surface area contributed by atoms with Crippen LogP contribution in [0.5, 0.6) is 0 Å². The Morgan fingerprint density at radius 2 is 1.89 bits per heavy atom. The van der Waals surface area contributed by atoms with Crippen LogP contribution in [0.4, 0.5) is 0 Å². The van der Waals surface area contributed by atoms with Crippen LogP contribution < -0.4 is 5.73 Å². The van der Waals surface area contributed by atoms with Gasteiger partial charge >= 0.3 is 0 Å². The van der Waals surface area contributed by atoms with Gasteiger partial charge in [0.15, 0.2) is 9.84 Å². The van der Waals surface area contributed by atoms with Crippen molar-refractivity contribution in [2.75, 3.05) is 0 Å². The number of sulfone groups is 1. The molecule has 1 aliphatic rings. The largest absolute Gasteiger partial charge is 0.327 e. The van der Waals surface area contributed by atoms with Crippen molar-refractivity contribution < 1.29 is 8.42 Å². The fourth-order valence-electron chi connectivity index (χ4n) is 2.54. The number of hydrogen-bond donors (Lipinski definition) is 1. The van der Waals surface area contributed by atoms with Crippen LogP contribution in [0.25, 0.3) is 0 Å². The number of rotatable bonds is 2. The fourth-order valence-corrected chi connectivity index (χ4v) is 4.97. The summed E-state index contributed by atoms with van der Waals surface area (Å²) in [6.07, 6.45) is 2.32. The van der Waals surface area contributed by atoms with Gasteiger partial charge in [-0.2, -0.15) is 0 Å². The van der Waals surface area contributed by atoms with E-state index < -0.39 is 15.1 Å². The molecule has 2 N–H and O–H groups in total. The smallest absolute Gasteiger partial charge is 0.182 e. The van der Waals surface area contributed by atoms with Crippen LogP contribution in [0.2, 0.25) is 10.0 Å². The van der Waals surface area contributed by atoms with E-state index in [2.05, 4.69) is 6.92 Å². The molecule has 1 saturated carbocycles. The van der Waals surface area contributed by atoms with E-state index in [0.717, 1.165) is 12.8 Å². The minimum atomic E-state index is -3.45. The van der Waals surface area contributed by atoms with Gasteiger partial charge in [-0.3, -0.25) is 0 Å². The molecule has 0 radical (unpaired) electrons. The van der Waals surface area contributed by atoms with E-state index in [1.165, 1.54) is 18.2 Å². The molecule has 2 rings (SSSR count). The van der Waals surface area contributed by atoms with E-state index in [0.29, 0.717) is 17.4 Å². The summed E-state index contributed by atoms with van der Waals surface area (Å²) < 4.78 is 25.2. The lowest BCUT2D eigenvalue weighted by atomic mass is 9.87. The molecule has 1 aromatic rings. The van der Waals surface area contributed by atoms with Gasteiger partial charge in [0.2, 0.25) is 0 Å². The predicted molar refractivity (Wildman–Crippen MR) is 78.4 cm³/mol. The first-order valence-electron chi connectivity index (χ1n) is 6.27. The van der Waals surface area contributed by atoms with E-state index in [4.69, 9.17) is 28.9 Å². The van der Waals surface area contributed by atoms with Gasteiger partial charge in [-0.15, -0.1) is 0 Å². The van der Waals surface area contributed by atoms with Crippen molar-refractivity contribution in [3.63, 3.8) is 0 Å². The Balaban J connectivity index is 2.38. The van der Waals surface area contributed by atoms with E-state index in [-0.39, 0.29) is 16.0 Å². The SMILES string of the molecule is CC1CCC(N)C(S(=O)(=O)c2ccc(Cl)c(Cl)c2)C1. The number of halogens is 2. The lowest BCUT2D eigenvalue weighted by Crippen LogP contribution is -2.44. The molecule has 106 valence electrons. The van der Waals surface area contributed by atoms with Crippen molar-refractivity contribution in [3.8, 4) is 0 Å². The maximum Gasteiger partial charge on any atom is 0.182 e. The average molecular weight is 322 g/mol. The molecule has 0 amide bonds. The molecule has 3 atom stereocenters. The monoisotopic (exact) mass is 321 g/mol. The van der Waals surface area contributed by atoms with Gasteiger partial charge in [-0.05, 0) is 43.4 Å². The molecular weight excluding hydrogens is 305 g/mol. The van der Waals surface area contributed by atoms with Crippen LogP contribution in [0.15, 0.2) is 23.1 Å². The molecule has 3 unspecified atom stereocenters. The molecule has 0 heterocycles. The molecule has 3 nitrogen and oxygen atoms in total. The lowest BCUT2D eigenvalue weighted by Gasteiger charge is -2.32. The van der Waals surface area contributed by atoms with Gasteiger partial charge in [0, 0.05) is 6.04 Å². The van der Waals surface area contributed by atoms with Crippen LogP contribution in [0.1, 0.15) is 26.2 Å². The van der Waals surface area contributed by atoms with Crippen LogP contribution >= 0.6 is 23.2 Å². The van der Waals surface area contributed by atoms with Gasteiger partial charge in [-0.25, -0.2) is 8.42 Å². The highest BCUT2D eigenvalue weighted by molar-refractivity contribution is 7.92. The minimum Gasteiger partial charge on any atom is -0.327 e. The molecule has 19 heavy (non-hydrogen) atoms. The summed E-state index contributed by atoms with van der Waals surface area (Å²) in [5.74, 6) is 0.377. The number of benzene rings is 1. The highest BCUT2D eigenvalue weighted by Crippen LogP contribution is 2.33. The lowest BCUT2D eigenvalue weighted by molar-refractivity contribution is 0.346. The molecule has 0 spiro atoms. The van der Waals surface area contributed by atoms with Crippen molar-refractivity contribution in [2.24, 2.45) is 11.7 Å². The number of nitrogens with two attached hydrogens (primary N) is 1. The van der Waals surface area contributed by atoms with Crippen LogP contribution in [0, 0.1) is 5.92 Å². The fraction of sp³-hybridized carbons (Fsp3) is 0.538. The first kappa shape index (κ1) is 15.1. The van der Waals surface area contributed by atoms with Gasteiger partial charge in [-0.1, -0.05) is 30.1 Å². The molecule has 1 fully saturated rings. The molecular formula is C13H17Cl2NO2S. The van der Waals surface area contributed by atoms with Crippen LogP contribution in [-0.4, -0.2) is 19.7 Å². The summed E-state index contributed by atoms with van der Waals surface area (Å²) in [6, 6.07) is 4.10. The average Bonchev–Trinajstić information content (AvgIpc) is 2.35. The van der Waals surface area contributed by atoms with Crippen LogP contribution in [0.3, 0.4) is 0 Å². The quantitative estimate of drug-likeness (QED) is 0.909. The summed E-state index contributed by atoms with van der Waals surface area (Å²) in [4.78, 5) is 0.205. The topological polar surface area (TPSA) is 60.2 Å². The maximum atomic E-state index is 12.6. The summed E-state index contributed by atoms with van der Waals surface area (Å²) in [5, 5.41) is 0.0654.